The highest BCUT2D eigenvalue weighted by Gasteiger charge is 2.23. The summed E-state index contributed by atoms with van der Waals surface area (Å²) in [5.41, 5.74) is 1.16. The monoisotopic (exact) mass is 208 g/mol. The van der Waals surface area contributed by atoms with E-state index in [-0.39, 0.29) is 12.2 Å². The molecule has 2 rings (SSSR count). The molecule has 1 saturated heterocycles. The minimum absolute atomic E-state index is 0.0590. The van der Waals surface area contributed by atoms with Crippen molar-refractivity contribution in [3.63, 3.8) is 0 Å². The zero-order valence-electron chi connectivity index (χ0n) is 8.63. The molecule has 1 aliphatic rings. The number of hydrogen-bond donors (Lipinski definition) is 1. The van der Waals surface area contributed by atoms with Crippen molar-refractivity contribution in [2.45, 2.75) is 25.2 Å². The normalized spacial score (nSPS) is 25.7. The molecule has 0 saturated carbocycles. The second-order valence-electron chi connectivity index (χ2n) is 3.85. The Morgan fingerprint density at radius 2 is 2.13 bits per heavy atom. The van der Waals surface area contributed by atoms with Gasteiger partial charge in [0.1, 0.15) is 0 Å². The Balaban J connectivity index is 1.67. The average Bonchev–Trinajstić information content (AvgIpc) is 2.66. The van der Waals surface area contributed by atoms with Gasteiger partial charge in [-0.1, -0.05) is 30.3 Å². The summed E-state index contributed by atoms with van der Waals surface area (Å²) in [5, 5.41) is 9.24. The minimum Gasteiger partial charge on any atom is -0.391 e. The molecule has 0 bridgehead atoms. The smallest absolute Gasteiger partial charge is 0.0835 e. The topological polar surface area (TPSA) is 38.7 Å². The summed E-state index contributed by atoms with van der Waals surface area (Å²) in [6.45, 7) is 1.61. The lowest BCUT2D eigenvalue weighted by Gasteiger charge is -2.09. The maximum absolute atomic E-state index is 9.24. The third-order valence-corrected chi connectivity index (χ3v) is 2.47. The summed E-state index contributed by atoms with van der Waals surface area (Å²) in [7, 11) is 0. The third-order valence-electron chi connectivity index (χ3n) is 2.47. The van der Waals surface area contributed by atoms with Crippen molar-refractivity contribution in [2.24, 2.45) is 0 Å². The van der Waals surface area contributed by atoms with Gasteiger partial charge in [-0.2, -0.15) is 0 Å². The number of aliphatic hydroxyl groups is 1. The van der Waals surface area contributed by atoms with Gasteiger partial charge in [-0.3, -0.25) is 0 Å². The van der Waals surface area contributed by atoms with Gasteiger partial charge in [0.25, 0.3) is 0 Å². The van der Waals surface area contributed by atoms with Crippen LogP contribution >= 0.6 is 0 Å². The number of rotatable bonds is 4. The van der Waals surface area contributed by atoms with E-state index < -0.39 is 0 Å². The molecule has 0 unspecified atom stereocenters. The highest BCUT2D eigenvalue weighted by atomic mass is 16.5. The van der Waals surface area contributed by atoms with Crippen LogP contribution in [-0.4, -0.2) is 30.5 Å². The number of ether oxygens (including phenoxy) is 2. The van der Waals surface area contributed by atoms with Crippen molar-refractivity contribution in [3.8, 4) is 0 Å². The highest BCUT2D eigenvalue weighted by Crippen LogP contribution is 2.13. The number of benzene rings is 1. The van der Waals surface area contributed by atoms with Crippen LogP contribution in [-0.2, 0) is 16.1 Å². The Morgan fingerprint density at radius 1 is 1.33 bits per heavy atom. The number of hydrogen-bond acceptors (Lipinski definition) is 3. The molecule has 1 heterocycles. The molecule has 1 N–H and O–H groups in total. The second-order valence-corrected chi connectivity index (χ2v) is 3.85. The van der Waals surface area contributed by atoms with Gasteiger partial charge in [-0.15, -0.1) is 0 Å². The van der Waals surface area contributed by atoms with E-state index in [1.54, 1.807) is 0 Å². The lowest BCUT2D eigenvalue weighted by atomic mass is 10.2. The first-order valence-electron chi connectivity index (χ1n) is 5.26. The molecule has 0 aromatic heterocycles. The summed E-state index contributed by atoms with van der Waals surface area (Å²) in [4.78, 5) is 0. The van der Waals surface area contributed by atoms with E-state index in [0.717, 1.165) is 5.56 Å². The van der Waals surface area contributed by atoms with Crippen molar-refractivity contribution in [2.75, 3.05) is 13.2 Å². The Morgan fingerprint density at radius 3 is 2.80 bits per heavy atom. The molecule has 15 heavy (non-hydrogen) atoms. The molecule has 0 radical (unpaired) electrons. The summed E-state index contributed by atoms with van der Waals surface area (Å²) in [6, 6.07) is 10.0. The second kappa shape index (κ2) is 5.26. The van der Waals surface area contributed by atoms with E-state index in [1.165, 1.54) is 0 Å². The van der Waals surface area contributed by atoms with Gasteiger partial charge in [0.2, 0.25) is 0 Å². The van der Waals surface area contributed by atoms with Gasteiger partial charge in [-0.25, -0.2) is 0 Å². The van der Waals surface area contributed by atoms with E-state index in [4.69, 9.17) is 9.47 Å². The summed E-state index contributed by atoms with van der Waals surface area (Å²) in [6.07, 6.45) is 0.438. The molecule has 0 spiro atoms. The molecular formula is C12H16O3. The largest absolute Gasteiger partial charge is 0.391 e. The summed E-state index contributed by atoms with van der Waals surface area (Å²) < 4.78 is 10.8. The van der Waals surface area contributed by atoms with Crippen molar-refractivity contribution < 1.29 is 14.6 Å². The lowest BCUT2D eigenvalue weighted by molar-refractivity contribution is 0.00852. The standard InChI is InChI=1S/C12H16O3/c13-11-6-12(15-8-11)9-14-7-10-4-2-1-3-5-10/h1-5,11-13H,6-9H2/t11-,12+/m1/s1. The van der Waals surface area contributed by atoms with Crippen molar-refractivity contribution in [1.29, 1.82) is 0 Å². The Kier molecular flexibility index (Phi) is 3.72. The van der Waals surface area contributed by atoms with Crippen molar-refractivity contribution in [3.05, 3.63) is 35.9 Å². The van der Waals surface area contributed by atoms with Gasteiger partial charge >= 0.3 is 0 Å². The van der Waals surface area contributed by atoms with E-state index in [2.05, 4.69) is 0 Å². The first kappa shape index (κ1) is 10.6. The average molecular weight is 208 g/mol. The fraction of sp³-hybridized carbons (Fsp3) is 0.500. The summed E-state index contributed by atoms with van der Waals surface area (Å²) >= 11 is 0. The predicted molar refractivity (Wildman–Crippen MR) is 56.5 cm³/mol. The SMILES string of the molecule is O[C@H]1CO[C@H](COCc2ccccc2)C1. The molecule has 2 atom stereocenters. The predicted octanol–water partition coefficient (Wildman–Crippen LogP) is 1.35. The van der Waals surface area contributed by atoms with Crippen LogP contribution in [0.15, 0.2) is 30.3 Å². The molecule has 82 valence electrons. The van der Waals surface area contributed by atoms with Crippen LogP contribution in [0.2, 0.25) is 0 Å². The zero-order chi connectivity index (χ0) is 10.5. The van der Waals surface area contributed by atoms with Gasteiger partial charge < -0.3 is 14.6 Å². The van der Waals surface area contributed by atoms with Crippen molar-refractivity contribution >= 4 is 0 Å². The van der Waals surface area contributed by atoms with Crippen LogP contribution in [0.1, 0.15) is 12.0 Å². The molecule has 0 amide bonds. The molecule has 1 aromatic rings. The fourth-order valence-electron chi connectivity index (χ4n) is 1.69. The first-order chi connectivity index (χ1) is 7.34. The van der Waals surface area contributed by atoms with Crippen LogP contribution in [0.4, 0.5) is 0 Å². The van der Waals surface area contributed by atoms with Crippen molar-refractivity contribution in [1.82, 2.24) is 0 Å². The maximum atomic E-state index is 9.24. The lowest BCUT2D eigenvalue weighted by Crippen LogP contribution is -2.14. The Bertz CT molecular complexity index is 286. The highest BCUT2D eigenvalue weighted by molar-refractivity contribution is 5.13. The number of aliphatic hydroxyl groups excluding tert-OH is 1. The van der Waals surface area contributed by atoms with E-state index in [0.29, 0.717) is 26.2 Å². The van der Waals surface area contributed by atoms with Crippen LogP contribution in [0.5, 0.6) is 0 Å². The van der Waals surface area contributed by atoms with Crippen LogP contribution in [0.25, 0.3) is 0 Å². The Labute approximate surface area is 89.6 Å². The molecule has 1 aliphatic heterocycles. The van der Waals surface area contributed by atoms with Gasteiger partial charge in [0, 0.05) is 6.42 Å². The van der Waals surface area contributed by atoms with E-state index in [1.807, 2.05) is 30.3 Å². The summed E-state index contributed by atoms with van der Waals surface area (Å²) in [5.74, 6) is 0. The molecule has 3 heteroatoms. The van der Waals surface area contributed by atoms with Crippen LogP contribution in [0, 0.1) is 0 Å². The fourth-order valence-corrected chi connectivity index (χ4v) is 1.69. The maximum Gasteiger partial charge on any atom is 0.0835 e. The third kappa shape index (κ3) is 3.30. The first-order valence-corrected chi connectivity index (χ1v) is 5.26. The molecular weight excluding hydrogens is 192 g/mol. The van der Waals surface area contributed by atoms with Gasteiger partial charge in [-0.05, 0) is 5.56 Å². The van der Waals surface area contributed by atoms with Gasteiger partial charge in [0.15, 0.2) is 0 Å². The Hall–Kier alpha value is -0.900. The van der Waals surface area contributed by atoms with E-state index >= 15 is 0 Å². The van der Waals surface area contributed by atoms with Gasteiger partial charge in [0.05, 0.1) is 32.0 Å². The molecule has 1 aromatic carbocycles. The van der Waals surface area contributed by atoms with Crippen LogP contribution < -0.4 is 0 Å². The molecule has 1 fully saturated rings. The zero-order valence-corrected chi connectivity index (χ0v) is 8.63. The minimum atomic E-state index is -0.310. The quantitative estimate of drug-likeness (QED) is 0.811. The molecule has 0 aliphatic carbocycles. The molecule has 3 nitrogen and oxygen atoms in total. The van der Waals surface area contributed by atoms with Crippen LogP contribution in [0.3, 0.4) is 0 Å². The van der Waals surface area contributed by atoms with E-state index in [9.17, 15) is 5.11 Å².